The molecule has 3 saturated heterocycles. The predicted molar refractivity (Wildman–Crippen MR) is 72.8 cm³/mol. The second-order valence-corrected chi connectivity index (χ2v) is 6.10. The Labute approximate surface area is 114 Å². The number of hydrogen-bond donors (Lipinski definition) is 2. The summed E-state index contributed by atoms with van der Waals surface area (Å²) >= 11 is 0. The molecule has 3 aliphatic heterocycles. The van der Waals surface area contributed by atoms with E-state index in [4.69, 9.17) is 0 Å². The van der Waals surface area contributed by atoms with Crippen LogP contribution in [0.4, 0.5) is 0 Å². The van der Waals surface area contributed by atoms with Gasteiger partial charge in [-0.05, 0) is 51.7 Å². The predicted octanol–water partition coefficient (Wildman–Crippen LogP) is -0.204. The Morgan fingerprint density at radius 2 is 1.89 bits per heavy atom. The first kappa shape index (κ1) is 13.3. The number of likely N-dealkylation sites (tertiary alicyclic amines) is 2. The number of β-amino-alcohol motifs (C(OH)–C–C–N with tert-alkyl or cyclic N) is 1. The highest BCUT2D eigenvalue weighted by atomic mass is 16.3. The minimum absolute atomic E-state index is 0.0772. The molecule has 1 unspecified atom stereocenters. The third-order valence-electron chi connectivity index (χ3n) is 4.83. The van der Waals surface area contributed by atoms with E-state index in [1.165, 1.54) is 0 Å². The van der Waals surface area contributed by atoms with Crippen molar-refractivity contribution in [3.8, 4) is 0 Å². The summed E-state index contributed by atoms with van der Waals surface area (Å²) in [7, 11) is 0. The molecule has 3 fully saturated rings. The second kappa shape index (κ2) is 5.77. The van der Waals surface area contributed by atoms with Crippen molar-refractivity contribution in [2.45, 2.75) is 50.3 Å². The van der Waals surface area contributed by atoms with Crippen molar-refractivity contribution in [2.24, 2.45) is 0 Å². The highest BCUT2D eigenvalue weighted by Crippen LogP contribution is 2.26. The number of aliphatic hydroxyl groups excluding tert-OH is 1. The summed E-state index contributed by atoms with van der Waals surface area (Å²) < 4.78 is 0. The number of hydrogen-bond acceptors (Lipinski definition) is 4. The van der Waals surface area contributed by atoms with Crippen LogP contribution in [0.15, 0.2) is 0 Å². The number of carbonyl (C=O) groups is 1. The highest BCUT2D eigenvalue weighted by molar-refractivity contribution is 5.82. The molecule has 0 aromatic carbocycles. The fourth-order valence-corrected chi connectivity index (χ4v) is 3.78. The molecule has 108 valence electrons. The van der Waals surface area contributed by atoms with Crippen LogP contribution in [0.5, 0.6) is 0 Å². The average Bonchev–Trinajstić information content (AvgIpc) is 3.07. The van der Waals surface area contributed by atoms with E-state index < -0.39 is 0 Å². The van der Waals surface area contributed by atoms with Gasteiger partial charge < -0.3 is 15.3 Å². The summed E-state index contributed by atoms with van der Waals surface area (Å²) in [4.78, 5) is 16.9. The van der Waals surface area contributed by atoms with E-state index in [1.54, 1.807) is 0 Å². The maximum Gasteiger partial charge on any atom is 0.240 e. The molecule has 0 aromatic rings. The van der Waals surface area contributed by atoms with Crippen LogP contribution in [-0.4, -0.2) is 71.7 Å². The van der Waals surface area contributed by atoms with Crippen LogP contribution in [0.3, 0.4) is 0 Å². The Morgan fingerprint density at radius 1 is 1.11 bits per heavy atom. The highest BCUT2D eigenvalue weighted by Gasteiger charge is 2.39. The molecule has 0 saturated carbocycles. The van der Waals surface area contributed by atoms with Gasteiger partial charge in [-0.25, -0.2) is 0 Å². The van der Waals surface area contributed by atoms with Crippen molar-refractivity contribution >= 4 is 5.91 Å². The Morgan fingerprint density at radius 3 is 2.58 bits per heavy atom. The van der Waals surface area contributed by atoms with Gasteiger partial charge in [-0.1, -0.05) is 0 Å². The Hall–Kier alpha value is -0.650. The standard InChI is InChI=1S/C14H25N3O2/c18-12-5-9-16(10-12)14(19)13-2-1-8-17(13)11-3-6-15-7-4-11/h11-13,15,18H,1-10H2/t12-,13?/m1/s1. The van der Waals surface area contributed by atoms with Crippen molar-refractivity contribution in [3.63, 3.8) is 0 Å². The molecular formula is C14H25N3O2. The number of amides is 1. The van der Waals surface area contributed by atoms with Gasteiger partial charge in [-0.15, -0.1) is 0 Å². The molecule has 0 spiro atoms. The van der Waals surface area contributed by atoms with Gasteiger partial charge in [-0.2, -0.15) is 0 Å². The van der Waals surface area contributed by atoms with Crippen molar-refractivity contribution < 1.29 is 9.90 Å². The number of rotatable bonds is 2. The molecule has 2 atom stereocenters. The van der Waals surface area contributed by atoms with Gasteiger partial charge in [0.2, 0.25) is 5.91 Å². The average molecular weight is 267 g/mol. The molecule has 0 radical (unpaired) electrons. The zero-order valence-corrected chi connectivity index (χ0v) is 11.6. The fourth-order valence-electron chi connectivity index (χ4n) is 3.78. The number of aliphatic hydroxyl groups is 1. The van der Waals surface area contributed by atoms with E-state index in [1.807, 2.05) is 4.90 Å². The van der Waals surface area contributed by atoms with Gasteiger partial charge >= 0.3 is 0 Å². The molecule has 1 amide bonds. The lowest BCUT2D eigenvalue weighted by molar-refractivity contribution is -0.136. The summed E-state index contributed by atoms with van der Waals surface area (Å²) in [6.07, 6.45) is 4.88. The van der Waals surface area contributed by atoms with Crippen molar-refractivity contribution in [2.75, 3.05) is 32.7 Å². The normalized spacial score (nSPS) is 34.1. The van der Waals surface area contributed by atoms with Crippen LogP contribution in [0.2, 0.25) is 0 Å². The maximum absolute atomic E-state index is 12.6. The van der Waals surface area contributed by atoms with Crippen LogP contribution in [-0.2, 0) is 4.79 Å². The van der Waals surface area contributed by atoms with Crippen molar-refractivity contribution in [1.29, 1.82) is 0 Å². The van der Waals surface area contributed by atoms with E-state index in [2.05, 4.69) is 10.2 Å². The van der Waals surface area contributed by atoms with Crippen LogP contribution < -0.4 is 5.32 Å². The first-order valence-corrected chi connectivity index (χ1v) is 7.69. The monoisotopic (exact) mass is 267 g/mol. The lowest BCUT2D eigenvalue weighted by atomic mass is 10.0. The third-order valence-corrected chi connectivity index (χ3v) is 4.83. The lowest BCUT2D eigenvalue weighted by Crippen LogP contribution is -2.51. The van der Waals surface area contributed by atoms with Gasteiger partial charge in [0.25, 0.3) is 0 Å². The zero-order valence-electron chi connectivity index (χ0n) is 11.6. The van der Waals surface area contributed by atoms with Gasteiger partial charge in [0, 0.05) is 19.1 Å². The molecule has 2 N–H and O–H groups in total. The van der Waals surface area contributed by atoms with Crippen LogP contribution in [0.25, 0.3) is 0 Å². The molecule has 3 aliphatic rings. The summed E-state index contributed by atoms with van der Waals surface area (Å²) in [6.45, 7) is 4.48. The molecule has 3 rings (SSSR count). The second-order valence-electron chi connectivity index (χ2n) is 6.10. The number of piperidine rings is 1. The molecule has 3 heterocycles. The Bertz CT molecular complexity index is 331. The van der Waals surface area contributed by atoms with Crippen LogP contribution in [0, 0.1) is 0 Å². The minimum atomic E-state index is -0.308. The quantitative estimate of drug-likeness (QED) is 0.727. The summed E-state index contributed by atoms with van der Waals surface area (Å²) in [5.74, 6) is 0.257. The largest absolute Gasteiger partial charge is 0.391 e. The zero-order chi connectivity index (χ0) is 13.2. The molecular weight excluding hydrogens is 242 g/mol. The first-order valence-electron chi connectivity index (χ1n) is 7.69. The molecule has 0 bridgehead atoms. The maximum atomic E-state index is 12.6. The number of nitrogens with one attached hydrogen (secondary N) is 1. The summed E-state index contributed by atoms with van der Waals surface area (Å²) in [5, 5.41) is 13.0. The third kappa shape index (κ3) is 2.78. The lowest BCUT2D eigenvalue weighted by Gasteiger charge is -2.36. The van der Waals surface area contributed by atoms with Crippen molar-refractivity contribution in [3.05, 3.63) is 0 Å². The first-order chi connectivity index (χ1) is 9.25. The topological polar surface area (TPSA) is 55.8 Å². The minimum Gasteiger partial charge on any atom is -0.391 e. The van der Waals surface area contributed by atoms with Gasteiger partial charge in [0.1, 0.15) is 0 Å². The SMILES string of the molecule is O=C(C1CCCN1C1CCNCC1)N1CC[C@@H](O)C1. The van der Waals surface area contributed by atoms with Crippen LogP contribution in [0.1, 0.15) is 32.1 Å². The molecule has 0 aliphatic carbocycles. The Kier molecular flexibility index (Phi) is 4.05. The summed E-state index contributed by atoms with van der Waals surface area (Å²) in [6, 6.07) is 0.652. The van der Waals surface area contributed by atoms with E-state index in [0.29, 0.717) is 12.6 Å². The van der Waals surface area contributed by atoms with Gasteiger partial charge in [0.05, 0.1) is 12.1 Å². The van der Waals surface area contributed by atoms with E-state index in [9.17, 15) is 9.90 Å². The van der Waals surface area contributed by atoms with E-state index >= 15 is 0 Å². The number of nitrogens with zero attached hydrogens (tertiary/aromatic N) is 2. The van der Waals surface area contributed by atoms with Crippen molar-refractivity contribution in [1.82, 2.24) is 15.1 Å². The molecule has 5 nitrogen and oxygen atoms in total. The molecule has 19 heavy (non-hydrogen) atoms. The van der Waals surface area contributed by atoms with E-state index in [-0.39, 0.29) is 18.1 Å². The van der Waals surface area contributed by atoms with E-state index in [0.717, 1.165) is 58.3 Å². The van der Waals surface area contributed by atoms with Gasteiger partial charge in [-0.3, -0.25) is 9.69 Å². The van der Waals surface area contributed by atoms with Crippen LogP contribution >= 0.6 is 0 Å². The molecule has 5 heteroatoms. The van der Waals surface area contributed by atoms with Gasteiger partial charge in [0.15, 0.2) is 0 Å². The molecule has 0 aromatic heterocycles. The summed E-state index contributed by atoms with van der Waals surface area (Å²) in [5.41, 5.74) is 0. The smallest absolute Gasteiger partial charge is 0.240 e. The Balaban J connectivity index is 1.63. The fraction of sp³-hybridized carbons (Fsp3) is 0.929. The number of carbonyl (C=O) groups excluding carboxylic acids is 1.